The lowest BCUT2D eigenvalue weighted by Gasteiger charge is -2.20. The van der Waals surface area contributed by atoms with Gasteiger partial charge >= 0.3 is 0 Å². The standard InChI is InChI=1S/C7H8Cl3N3O2/c1-2-3(4(14)7(8,9)10)5(15)13-6(11)12-2/h4,14H,1H3,(H3,11,12,13,15). The summed E-state index contributed by atoms with van der Waals surface area (Å²) in [5, 5.41) is 19.1. The summed E-state index contributed by atoms with van der Waals surface area (Å²) in [6.07, 6.45) is -1.52. The number of nitrogens with two attached hydrogens (primary N) is 1. The molecule has 15 heavy (non-hydrogen) atoms. The van der Waals surface area contributed by atoms with E-state index < -0.39 is 15.8 Å². The molecule has 1 unspecified atom stereocenters. The molecule has 5 nitrogen and oxygen atoms in total. The van der Waals surface area contributed by atoms with Gasteiger partial charge in [0.05, 0.1) is 11.3 Å². The summed E-state index contributed by atoms with van der Waals surface area (Å²) in [6, 6.07) is 0. The number of aryl methyl sites for hydroxylation is 1. The molecular weight excluding hydrogens is 264 g/mol. The molecule has 0 saturated carbocycles. The molecule has 1 atom stereocenters. The van der Waals surface area contributed by atoms with Crippen LogP contribution in [0.25, 0.3) is 0 Å². The molecule has 0 saturated heterocycles. The van der Waals surface area contributed by atoms with Crippen LogP contribution in [0, 0.1) is 6.92 Å². The highest BCUT2D eigenvalue weighted by Gasteiger charge is 2.36. The summed E-state index contributed by atoms with van der Waals surface area (Å²) in [6.45, 7) is 1.51. The summed E-state index contributed by atoms with van der Waals surface area (Å²) in [5.41, 5.74) is 5.47. The fraction of sp³-hybridized carbons (Fsp3) is 0.429. The fourth-order valence-electron chi connectivity index (χ4n) is 1.07. The maximum atomic E-state index is 9.63. The van der Waals surface area contributed by atoms with Gasteiger partial charge in [0, 0.05) is 0 Å². The second-order valence-corrected chi connectivity index (χ2v) is 5.22. The SMILES string of the molecule is Cc1nc(N)nc(O)c1C(O)C(Cl)(Cl)Cl. The van der Waals surface area contributed by atoms with Gasteiger partial charge in [0.2, 0.25) is 15.6 Å². The molecule has 0 aliphatic rings. The van der Waals surface area contributed by atoms with Crippen LogP contribution in [0.15, 0.2) is 0 Å². The zero-order chi connectivity index (χ0) is 11.8. The minimum Gasteiger partial charge on any atom is -0.493 e. The molecule has 84 valence electrons. The zero-order valence-electron chi connectivity index (χ0n) is 7.58. The first-order chi connectivity index (χ1) is 6.73. The molecule has 0 aromatic carbocycles. The Kier molecular flexibility index (Phi) is 3.50. The van der Waals surface area contributed by atoms with Gasteiger partial charge in [-0.1, -0.05) is 34.8 Å². The van der Waals surface area contributed by atoms with Gasteiger partial charge in [-0.15, -0.1) is 0 Å². The third kappa shape index (κ3) is 2.75. The van der Waals surface area contributed by atoms with Crippen molar-refractivity contribution in [2.45, 2.75) is 16.8 Å². The van der Waals surface area contributed by atoms with Gasteiger partial charge < -0.3 is 15.9 Å². The Morgan fingerprint density at radius 1 is 1.33 bits per heavy atom. The van der Waals surface area contributed by atoms with Gasteiger partial charge in [0.1, 0.15) is 6.10 Å². The Balaban J connectivity index is 3.26. The minimum atomic E-state index is -1.97. The van der Waals surface area contributed by atoms with Crippen molar-refractivity contribution in [1.82, 2.24) is 9.97 Å². The second-order valence-electron chi connectivity index (χ2n) is 2.85. The van der Waals surface area contributed by atoms with Crippen molar-refractivity contribution in [3.8, 4) is 5.88 Å². The molecule has 8 heteroatoms. The van der Waals surface area contributed by atoms with E-state index in [1.165, 1.54) is 6.92 Å². The van der Waals surface area contributed by atoms with Crippen LogP contribution in [0.4, 0.5) is 5.95 Å². The van der Waals surface area contributed by atoms with Gasteiger partial charge in [-0.2, -0.15) is 4.98 Å². The fourth-order valence-corrected chi connectivity index (χ4v) is 1.40. The summed E-state index contributed by atoms with van der Waals surface area (Å²) in [4.78, 5) is 7.20. The van der Waals surface area contributed by atoms with Crippen molar-refractivity contribution in [3.05, 3.63) is 11.3 Å². The molecule has 1 rings (SSSR count). The first kappa shape index (κ1) is 12.6. The highest BCUT2D eigenvalue weighted by molar-refractivity contribution is 6.68. The first-order valence-corrected chi connectivity index (χ1v) is 4.94. The van der Waals surface area contributed by atoms with Gasteiger partial charge in [-0.3, -0.25) is 0 Å². The molecule has 0 fully saturated rings. The number of aliphatic hydroxyl groups is 1. The van der Waals surface area contributed by atoms with Gasteiger partial charge in [-0.25, -0.2) is 4.98 Å². The molecule has 4 N–H and O–H groups in total. The van der Waals surface area contributed by atoms with Gasteiger partial charge in [0.25, 0.3) is 0 Å². The highest BCUT2D eigenvalue weighted by Crippen LogP contribution is 2.42. The molecule has 0 aliphatic carbocycles. The number of nitrogen functional groups attached to an aromatic ring is 1. The highest BCUT2D eigenvalue weighted by atomic mass is 35.6. The summed E-state index contributed by atoms with van der Waals surface area (Å²) in [7, 11) is 0. The van der Waals surface area contributed by atoms with Crippen molar-refractivity contribution in [2.75, 3.05) is 5.73 Å². The average Bonchev–Trinajstić information content (AvgIpc) is 1.99. The van der Waals surface area contributed by atoms with E-state index in [1.54, 1.807) is 0 Å². The summed E-state index contributed by atoms with van der Waals surface area (Å²) < 4.78 is -1.97. The minimum absolute atomic E-state index is 0.0517. The predicted molar refractivity (Wildman–Crippen MR) is 58.1 cm³/mol. The van der Waals surface area contributed by atoms with Crippen molar-refractivity contribution in [2.24, 2.45) is 0 Å². The van der Waals surface area contributed by atoms with E-state index in [9.17, 15) is 10.2 Å². The molecule has 0 radical (unpaired) electrons. The van der Waals surface area contributed by atoms with Crippen molar-refractivity contribution in [3.63, 3.8) is 0 Å². The predicted octanol–water partition coefficient (Wildman–Crippen LogP) is 1.48. The molecule has 1 heterocycles. The molecule has 1 aromatic heterocycles. The number of aromatic hydroxyl groups is 1. The quantitative estimate of drug-likeness (QED) is 0.673. The van der Waals surface area contributed by atoms with E-state index in [1.807, 2.05) is 0 Å². The molecular formula is C7H8Cl3N3O2. The van der Waals surface area contributed by atoms with Crippen LogP contribution in [0.5, 0.6) is 5.88 Å². The van der Waals surface area contributed by atoms with E-state index in [4.69, 9.17) is 40.5 Å². The maximum absolute atomic E-state index is 9.63. The third-order valence-electron chi connectivity index (χ3n) is 1.72. The van der Waals surface area contributed by atoms with Crippen LogP contribution >= 0.6 is 34.8 Å². The number of alkyl halides is 3. The average molecular weight is 273 g/mol. The largest absolute Gasteiger partial charge is 0.493 e. The van der Waals surface area contributed by atoms with Crippen molar-refractivity contribution < 1.29 is 10.2 Å². The Labute approximate surface area is 101 Å². The number of halogens is 3. The number of anilines is 1. The van der Waals surface area contributed by atoms with Crippen LogP contribution in [-0.2, 0) is 0 Å². The smallest absolute Gasteiger partial charge is 0.223 e. The Hall–Kier alpha value is -0.490. The second kappa shape index (κ2) is 4.17. The van der Waals surface area contributed by atoms with Crippen molar-refractivity contribution >= 4 is 40.8 Å². The molecule has 0 amide bonds. The van der Waals surface area contributed by atoms with E-state index in [0.29, 0.717) is 0 Å². The number of rotatable bonds is 1. The monoisotopic (exact) mass is 271 g/mol. The van der Waals surface area contributed by atoms with Crippen molar-refractivity contribution in [1.29, 1.82) is 0 Å². The van der Waals surface area contributed by atoms with Crippen LogP contribution in [0.2, 0.25) is 0 Å². The molecule has 0 bridgehead atoms. The van der Waals surface area contributed by atoms with Crippen LogP contribution in [-0.4, -0.2) is 24.0 Å². The summed E-state index contributed by atoms with van der Waals surface area (Å²) in [5.74, 6) is -0.621. The molecule has 1 aromatic rings. The van der Waals surface area contributed by atoms with E-state index in [2.05, 4.69) is 9.97 Å². The Morgan fingerprint density at radius 2 is 1.87 bits per heavy atom. The Morgan fingerprint density at radius 3 is 2.27 bits per heavy atom. The number of aliphatic hydroxyl groups excluding tert-OH is 1. The lowest BCUT2D eigenvalue weighted by Crippen LogP contribution is -2.19. The van der Waals surface area contributed by atoms with Gasteiger partial charge in [-0.05, 0) is 6.92 Å². The van der Waals surface area contributed by atoms with Crippen LogP contribution < -0.4 is 5.73 Å². The van der Waals surface area contributed by atoms with E-state index in [0.717, 1.165) is 0 Å². The number of hydrogen-bond donors (Lipinski definition) is 3. The van der Waals surface area contributed by atoms with Gasteiger partial charge in [0.15, 0.2) is 0 Å². The number of nitrogens with zero attached hydrogens (tertiary/aromatic N) is 2. The van der Waals surface area contributed by atoms with Crippen LogP contribution in [0.3, 0.4) is 0 Å². The number of hydrogen-bond acceptors (Lipinski definition) is 5. The van der Waals surface area contributed by atoms with Crippen LogP contribution in [0.1, 0.15) is 17.4 Å². The third-order valence-corrected chi connectivity index (χ3v) is 2.34. The van der Waals surface area contributed by atoms with E-state index in [-0.39, 0.29) is 17.2 Å². The summed E-state index contributed by atoms with van der Waals surface area (Å²) >= 11 is 16.5. The normalized spacial score (nSPS) is 13.9. The molecule has 0 aliphatic heterocycles. The maximum Gasteiger partial charge on any atom is 0.223 e. The first-order valence-electron chi connectivity index (χ1n) is 3.81. The lowest BCUT2D eigenvalue weighted by atomic mass is 10.1. The van der Waals surface area contributed by atoms with E-state index >= 15 is 0 Å². The number of aromatic nitrogens is 2. The topological polar surface area (TPSA) is 92.3 Å². The lowest BCUT2D eigenvalue weighted by molar-refractivity contribution is 0.176. The molecule has 0 spiro atoms. The zero-order valence-corrected chi connectivity index (χ0v) is 9.85. The Bertz CT molecular complexity index is 357.